The third kappa shape index (κ3) is 3.25. The zero-order chi connectivity index (χ0) is 13.0. The summed E-state index contributed by atoms with van der Waals surface area (Å²) in [5.74, 6) is 0.593. The average Bonchev–Trinajstić information content (AvgIpc) is 2.83. The van der Waals surface area contributed by atoms with Gasteiger partial charge in [-0.25, -0.2) is 0 Å². The predicted molar refractivity (Wildman–Crippen MR) is 73.6 cm³/mol. The quantitative estimate of drug-likeness (QED) is 0.819. The van der Waals surface area contributed by atoms with Crippen molar-refractivity contribution in [3.63, 3.8) is 0 Å². The normalized spacial score (nSPS) is 26.0. The highest BCUT2D eigenvalue weighted by Crippen LogP contribution is 2.36. The molecule has 1 saturated heterocycles. The van der Waals surface area contributed by atoms with E-state index in [2.05, 4.69) is 26.1 Å². The highest BCUT2D eigenvalue weighted by Gasteiger charge is 2.40. The molecule has 1 saturated carbocycles. The molecule has 0 bridgehead atoms. The van der Waals surface area contributed by atoms with Gasteiger partial charge in [0.2, 0.25) is 0 Å². The van der Waals surface area contributed by atoms with Crippen LogP contribution < -0.4 is 5.32 Å². The van der Waals surface area contributed by atoms with Gasteiger partial charge in [0.15, 0.2) is 5.79 Å². The van der Waals surface area contributed by atoms with E-state index < -0.39 is 0 Å². The molecule has 3 nitrogen and oxygen atoms in total. The molecule has 2 fully saturated rings. The van der Waals surface area contributed by atoms with Gasteiger partial charge >= 0.3 is 0 Å². The lowest BCUT2D eigenvalue weighted by molar-refractivity contribution is -0.179. The lowest BCUT2D eigenvalue weighted by Crippen LogP contribution is -2.46. The largest absolute Gasteiger partial charge is 0.348 e. The third-order valence-corrected chi connectivity index (χ3v) is 4.82. The van der Waals surface area contributed by atoms with E-state index in [0.717, 1.165) is 32.0 Å². The maximum Gasteiger partial charge on any atom is 0.168 e. The topological polar surface area (TPSA) is 30.5 Å². The van der Waals surface area contributed by atoms with Crippen LogP contribution in [0.3, 0.4) is 0 Å². The Kier molecular flexibility index (Phi) is 5.05. The van der Waals surface area contributed by atoms with E-state index in [9.17, 15) is 0 Å². The fourth-order valence-electron chi connectivity index (χ4n) is 3.51. The Labute approximate surface area is 112 Å². The summed E-state index contributed by atoms with van der Waals surface area (Å²) in [6.07, 6.45) is 7.02. The molecular formula is C15H29NO2. The van der Waals surface area contributed by atoms with Gasteiger partial charge < -0.3 is 14.8 Å². The first-order valence-electron chi connectivity index (χ1n) is 7.73. The van der Waals surface area contributed by atoms with Crippen LogP contribution in [0.2, 0.25) is 0 Å². The van der Waals surface area contributed by atoms with Gasteiger partial charge in [0.25, 0.3) is 0 Å². The van der Waals surface area contributed by atoms with Gasteiger partial charge in [-0.2, -0.15) is 0 Å². The second-order valence-electron chi connectivity index (χ2n) is 5.91. The van der Waals surface area contributed by atoms with Crippen molar-refractivity contribution in [1.29, 1.82) is 0 Å². The fraction of sp³-hybridized carbons (Fsp3) is 1.00. The van der Waals surface area contributed by atoms with Gasteiger partial charge in [-0.05, 0) is 25.7 Å². The lowest BCUT2D eigenvalue weighted by atomic mass is 9.88. The maximum absolute atomic E-state index is 5.77. The van der Waals surface area contributed by atoms with Crippen LogP contribution in [0, 0.1) is 5.92 Å². The number of nitrogens with one attached hydrogen (secondary N) is 1. The standard InChI is InChI=1S/C15H29NO2/c1-4-13(5-2)12(3)16-14-6-8-15(9-7-14)17-10-11-18-15/h12-14,16H,4-11H2,1-3H3. The van der Waals surface area contributed by atoms with Crippen molar-refractivity contribution in [3.05, 3.63) is 0 Å². The molecule has 0 radical (unpaired) electrons. The summed E-state index contributed by atoms with van der Waals surface area (Å²) in [6, 6.07) is 1.28. The fourth-order valence-corrected chi connectivity index (χ4v) is 3.51. The van der Waals surface area contributed by atoms with Crippen LogP contribution in [0.1, 0.15) is 59.3 Å². The molecule has 0 aromatic heterocycles. The minimum absolute atomic E-state index is 0.212. The minimum Gasteiger partial charge on any atom is -0.348 e. The van der Waals surface area contributed by atoms with Crippen molar-refractivity contribution in [2.45, 2.75) is 77.2 Å². The maximum atomic E-state index is 5.77. The molecular weight excluding hydrogens is 226 g/mol. The molecule has 18 heavy (non-hydrogen) atoms. The van der Waals surface area contributed by atoms with E-state index in [0.29, 0.717) is 12.1 Å². The number of ether oxygens (including phenoxy) is 2. The van der Waals surface area contributed by atoms with E-state index in [1.807, 2.05) is 0 Å². The molecule has 1 aliphatic heterocycles. The first-order valence-corrected chi connectivity index (χ1v) is 7.73. The highest BCUT2D eigenvalue weighted by atomic mass is 16.7. The van der Waals surface area contributed by atoms with Crippen LogP contribution in [0.5, 0.6) is 0 Å². The van der Waals surface area contributed by atoms with Gasteiger partial charge in [-0.15, -0.1) is 0 Å². The Bertz CT molecular complexity index is 237. The smallest absolute Gasteiger partial charge is 0.168 e. The third-order valence-electron chi connectivity index (χ3n) is 4.82. The van der Waals surface area contributed by atoms with Gasteiger partial charge in [-0.3, -0.25) is 0 Å². The first kappa shape index (κ1) is 14.3. The van der Waals surface area contributed by atoms with Crippen molar-refractivity contribution in [2.24, 2.45) is 5.92 Å². The van der Waals surface area contributed by atoms with E-state index >= 15 is 0 Å². The van der Waals surface area contributed by atoms with Crippen LogP contribution in [-0.4, -0.2) is 31.1 Å². The summed E-state index contributed by atoms with van der Waals surface area (Å²) in [4.78, 5) is 0. The van der Waals surface area contributed by atoms with Gasteiger partial charge in [-0.1, -0.05) is 26.7 Å². The zero-order valence-electron chi connectivity index (χ0n) is 12.2. The molecule has 1 heterocycles. The van der Waals surface area contributed by atoms with Crippen molar-refractivity contribution >= 4 is 0 Å². The number of hydrogen-bond acceptors (Lipinski definition) is 3. The second kappa shape index (κ2) is 6.36. The van der Waals surface area contributed by atoms with Crippen molar-refractivity contribution in [1.82, 2.24) is 5.32 Å². The van der Waals surface area contributed by atoms with Crippen molar-refractivity contribution in [3.8, 4) is 0 Å². The summed E-state index contributed by atoms with van der Waals surface area (Å²) < 4.78 is 11.5. The van der Waals surface area contributed by atoms with E-state index in [1.54, 1.807) is 0 Å². The molecule has 2 rings (SSSR count). The van der Waals surface area contributed by atoms with Crippen molar-refractivity contribution in [2.75, 3.05) is 13.2 Å². The Morgan fingerprint density at radius 1 is 1.11 bits per heavy atom. The van der Waals surface area contributed by atoms with Crippen LogP contribution in [0.15, 0.2) is 0 Å². The Balaban J connectivity index is 1.76. The molecule has 1 unspecified atom stereocenters. The van der Waals surface area contributed by atoms with Crippen molar-refractivity contribution < 1.29 is 9.47 Å². The Morgan fingerprint density at radius 3 is 2.17 bits per heavy atom. The molecule has 3 heteroatoms. The monoisotopic (exact) mass is 255 g/mol. The summed E-state index contributed by atoms with van der Waals surface area (Å²) in [5.41, 5.74) is 0. The zero-order valence-corrected chi connectivity index (χ0v) is 12.2. The van der Waals surface area contributed by atoms with Gasteiger partial charge in [0.1, 0.15) is 0 Å². The first-order chi connectivity index (χ1) is 8.69. The minimum atomic E-state index is -0.212. The second-order valence-corrected chi connectivity index (χ2v) is 5.91. The lowest BCUT2D eigenvalue weighted by Gasteiger charge is -2.37. The summed E-state index contributed by atoms with van der Waals surface area (Å²) in [7, 11) is 0. The molecule has 1 atom stereocenters. The molecule has 106 valence electrons. The Morgan fingerprint density at radius 2 is 1.67 bits per heavy atom. The molecule has 2 aliphatic rings. The van der Waals surface area contributed by atoms with Gasteiger partial charge in [0.05, 0.1) is 13.2 Å². The highest BCUT2D eigenvalue weighted by molar-refractivity contribution is 4.87. The SMILES string of the molecule is CCC(CC)C(C)NC1CCC2(CC1)OCCO2. The summed E-state index contributed by atoms with van der Waals surface area (Å²) in [6.45, 7) is 8.49. The molecule has 0 aromatic carbocycles. The van der Waals surface area contributed by atoms with Crippen LogP contribution in [-0.2, 0) is 9.47 Å². The van der Waals surface area contributed by atoms with E-state index in [4.69, 9.17) is 9.47 Å². The van der Waals surface area contributed by atoms with Crippen LogP contribution in [0.25, 0.3) is 0 Å². The average molecular weight is 255 g/mol. The summed E-state index contributed by atoms with van der Waals surface area (Å²) >= 11 is 0. The Hall–Kier alpha value is -0.120. The molecule has 0 aromatic rings. The van der Waals surface area contributed by atoms with Crippen LogP contribution in [0.4, 0.5) is 0 Å². The summed E-state index contributed by atoms with van der Waals surface area (Å²) in [5, 5.41) is 3.82. The van der Waals surface area contributed by atoms with Gasteiger partial charge in [0, 0.05) is 24.9 Å². The molecule has 1 spiro atoms. The predicted octanol–water partition coefficient (Wildman–Crippen LogP) is 3.09. The van der Waals surface area contributed by atoms with E-state index in [1.165, 1.54) is 25.7 Å². The number of rotatable bonds is 5. The molecule has 1 N–H and O–H groups in total. The van der Waals surface area contributed by atoms with E-state index in [-0.39, 0.29) is 5.79 Å². The van der Waals surface area contributed by atoms with Crippen LogP contribution >= 0.6 is 0 Å². The molecule has 0 amide bonds. The molecule has 1 aliphatic carbocycles. The number of hydrogen-bond donors (Lipinski definition) is 1.